The summed E-state index contributed by atoms with van der Waals surface area (Å²) in [4.78, 5) is 4.04. The fourth-order valence-corrected chi connectivity index (χ4v) is 2.50. The van der Waals surface area contributed by atoms with Gasteiger partial charge in [0.15, 0.2) is 0 Å². The molecular formula is C16H17ClN2O. The molecule has 1 aromatic carbocycles. The lowest BCUT2D eigenvalue weighted by molar-refractivity contribution is 0.302. The number of nitrogens with zero attached hydrogens (tertiary/aromatic N) is 1. The van der Waals surface area contributed by atoms with Crippen LogP contribution in [-0.2, 0) is 0 Å². The lowest BCUT2D eigenvalue weighted by atomic mass is 9.99. The van der Waals surface area contributed by atoms with Crippen LogP contribution in [0.5, 0.6) is 5.75 Å². The first kappa shape index (κ1) is 13.4. The van der Waals surface area contributed by atoms with E-state index in [1.54, 1.807) is 12.4 Å². The highest BCUT2D eigenvalue weighted by Crippen LogP contribution is 2.31. The van der Waals surface area contributed by atoms with Gasteiger partial charge in [-0.25, -0.2) is 0 Å². The molecule has 1 fully saturated rings. The Labute approximate surface area is 123 Å². The van der Waals surface area contributed by atoms with Gasteiger partial charge in [0.2, 0.25) is 0 Å². The zero-order chi connectivity index (χ0) is 13.9. The van der Waals surface area contributed by atoms with Crippen molar-refractivity contribution in [2.45, 2.75) is 25.0 Å². The van der Waals surface area contributed by atoms with Gasteiger partial charge >= 0.3 is 0 Å². The zero-order valence-corrected chi connectivity index (χ0v) is 12.1. The molecule has 1 aromatic heterocycles. The Hall–Kier alpha value is -1.58. The molecule has 104 valence electrons. The molecule has 1 aliphatic carbocycles. The van der Waals surface area contributed by atoms with Crippen molar-refractivity contribution in [2.24, 2.45) is 0 Å². The van der Waals surface area contributed by atoms with Crippen molar-refractivity contribution >= 4 is 11.6 Å². The van der Waals surface area contributed by atoms with E-state index in [9.17, 15) is 0 Å². The van der Waals surface area contributed by atoms with Crippen LogP contribution in [0.3, 0.4) is 0 Å². The van der Waals surface area contributed by atoms with Crippen LogP contribution >= 0.6 is 11.6 Å². The first-order valence-electron chi connectivity index (χ1n) is 6.81. The summed E-state index contributed by atoms with van der Waals surface area (Å²) < 4.78 is 5.85. The molecule has 3 rings (SSSR count). The number of hydrogen-bond acceptors (Lipinski definition) is 3. The summed E-state index contributed by atoms with van der Waals surface area (Å²) in [5.41, 5.74) is 2.16. The molecule has 0 aliphatic heterocycles. The number of ether oxygens (including phenoxy) is 1. The summed E-state index contributed by atoms with van der Waals surface area (Å²) >= 11 is 6.25. The van der Waals surface area contributed by atoms with E-state index in [1.807, 2.05) is 25.2 Å². The minimum atomic E-state index is 0.0354. The SMILES string of the molecule is CNC(c1cccc(OC2CC2)c1)c1ccncc1Cl. The van der Waals surface area contributed by atoms with Gasteiger partial charge in [0.05, 0.1) is 17.2 Å². The van der Waals surface area contributed by atoms with Crippen LogP contribution in [0.1, 0.15) is 30.0 Å². The standard InChI is InChI=1S/C16H17ClN2O/c1-18-16(14-7-8-19-10-15(14)17)11-3-2-4-13(9-11)20-12-5-6-12/h2-4,7-10,12,16,18H,5-6H2,1H3. The Morgan fingerprint density at radius 3 is 2.90 bits per heavy atom. The molecule has 1 aliphatic rings. The average Bonchev–Trinajstić information content (AvgIpc) is 3.26. The summed E-state index contributed by atoms with van der Waals surface area (Å²) in [6.07, 6.45) is 6.16. The van der Waals surface area contributed by atoms with E-state index in [-0.39, 0.29) is 6.04 Å². The van der Waals surface area contributed by atoms with Crippen LogP contribution in [0.15, 0.2) is 42.7 Å². The highest BCUT2D eigenvalue weighted by molar-refractivity contribution is 6.31. The normalized spacial score (nSPS) is 15.9. The van der Waals surface area contributed by atoms with Crippen LogP contribution in [0.4, 0.5) is 0 Å². The average molecular weight is 289 g/mol. The van der Waals surface area contributed by atoms with E-state index < -0.39 is 0 Å². The third-order valence-corrected chi connectivity index (χ3v) is 3.74. The topological polar surface area (TPSA) is 34.1 Å². The quantitative estimate of drug-likeness (QED) is 0.913. The van der Waals surface area contributed by atoms with Crippen LogP contribution in [0.2, 0.25) is 5.02 Å². The zero-order valence-electron chi connectivity index (χ0n) is 11.3. The predicted molar refractivity (Wildman–Crippen MR) is 80.2 cm³/mol. The molecule has 1 unspecified atom stereocenters. The first-order chi connectivity index (χ1) is 9.78. The van der Waals surface area contributed by atoms with Crippen LogP contribution in [0, 0.1) is 0 Å². The summed E-state index contributed by atoms with van der Waals surface area (Å²) in [5, 5.41) is 3.97. The summed E-state index contributed by atoms with van der Waals surface area (Å²) in [5.74, 6) is 0.926. The Bertz CT molecular complexity index is 599. The van der Waals surface area contributed by atoms with Gasteiger partial charge in [-0.05, 0) is 49.2 Å². The van der Waals surface area contributed by atoms with Gasteiger partial charge in [-0.2, -0.15) is 0 Å². The largest absolute Gasteiger partial charge is 0.490 e. The molecule has 1 heterocycles. The molecule has 1 atom stereocenters. The van der Waals surface area contributed by atoms with Crippen molar-refractivity contribution in [3.8, 4) is 5.75 Å². The van der Waals surface area contributed by atoms with E-state index in [1.165, 1.54) is 0 Å². The molecule has 0 bridgehead atoms. The van der Waals surface area contributed by atoms with Crippen LogP contribution in [0.25, 0.3) is 0 Å². The maximum absolute atomic E-state index is 6.25. The number of rotatable bonds is 5. The monoisotopic (exact) mass is 288 g/mol. The Morgan fingerprint density at radius 2 is 2.20 bits per heavy atom. The Kier molecular flexibility index (Phi) is 3.90. The number of hydrogen-bond donors (Lipinski definition) is 1. The Morgan fingerprint density at radius 1 is 1.35 bits per heavy atom. The molecular weight excluding hydrogens is 272 g/mol. The van der Waals surface area contributed by atoms with Crippen LogP contribution < -0.4 is 10.1 Å². The summed E-state index contributed by atoms with van der Waals surface area (Å²) in [7, 11) is 1.93. The Balaban J connectivity index is 1.90. The van der Waals surface area contributed by atoms with E-state index in [0.717, 1.165) is 29.7 Å². The lowest BCUT2D eigenvalue weighted by Crippen LogP contribution is -2.18. The second-order valence-corrected chi connectivity index (χ2v) is 5.42. The molecule has 0 radical (unpaired) electrons. The van der Waals surface area contributed by atoms with Gasteiger partial charge in [0.1, 0.15) is 5.75 Å². The molecule has 20 heavy (non-hydrogen) atoms. The van der Waals surface area contributed by atoms with E-state index >= 15 is 0 Å². The smallest absolute Gasteiger partial charge is 0.120 e. The van der Waals surface area contributed by atoms with Gasteiger partial charge in [0.25, 0.3) is 0 Å². The second kappa shape index (κ2) is 5.81. The fraction of sp³-hybridized carbons (Fsp3) is 0.312. The minimum Gasteiger partial charge on any atom is -0.490 e. The third-order valence-electron chi connectivity index (χ3n) is 3.42. The van der Waals surface area contributed by atoms with Crippen molar-refractivity contribution in [2.75, 3.05) is 7.05 Å². The van der Waals surface area contributed by atoms with Gasteiger partial charge in [-0.1, -0.05) is 23.7 Å². The van der Waals surface area contributed by atoms with E-state index in [4.69, 9.17) is 16.3 Å². The number of benzene rings is 1. The van der Waals surface area contributed by atoms with Gasteiger partial charge in [0, 0.05) is 12.4 Å². The molecule has 2 aromatic rings. The highest BCUT2D eigenvalue weighted by Gasteiger charge is 2.24. The van der Waals surface area contributed by atoms with Crippen molar-refractivity contribution < 1.29 is 4.74 Å². The van der Waals surface area contributed by atoms with Crippen LogP contribution in [-0.4, -0.2) is 18.1 Å². The van der Waals surface area contributed by atoms with Crippen molar-refractivity contribution in [3.05, 3.63) is 58.9 Å². The van der Waals surface area contributed by atoms with Crippen molar-refractivity contribution in [1.29, 1.82) is 0 Å². The number of nitrogens with one attached hydrogen (secondary N) is 1. The molecule has 0 spiro atoms. The summed E-state index contributed by atoms with van der Waals surface area (Å²) in [6, 6.07) is 10.2. The van der Waals surface area contributed by atoms with E-state index in [2.05, 4.69) is 22.4 Å². The molecule has 0 amide bonds. The molecule has 4 heteroatoms. The minimum absolute atomic E-state index is 0.0354. The van der Waals surface area contributed by atoms with Crippen molar-refractivity contribution in [1.82, 2.24) is 10.3 Å². The lowest BCUT2D eigenvalue weighted by Gasteiger charge is -2.19. The molecule has 1 saturated carbocycles. The summed E-state index contributed by atoms with van der Waals surface area (Å²) in [6.45, 7) is 0. The van der Waals surface area contributed by atoms with Gasteiger partial charge in [-0.3, -0.25) is 4.98 Å². The molecule has 1 N–H and O–H groups in total. The number of aromatic nitrogens is 1. The number of pyridine rings is 1. The maximum atomic E-state index is 6.25. The molecule has 0 saturated heterocycles. The fourth-order valence-electron chi connectivity index (χ4n) is 2.27. The number of halogens is 1. The second-order valence-electron chi connectivity index (χ2n) is 5.01. The highest BCUT2D eigenvalue weighted by atomic mass is 35.5. The van der Waals surface area contributed by atoms with Gasteiger partial charge < -0.3 is 10.1 Å². The van der Waals surface area contributed by atoms with Crippen molar-refractivity contribution in [3.63, 3.8) is 0 Å². The predicted octanol–water partition coefficient (Wildman–Crippen LogP) is 3.59. The third kappa shape index (κ3) is 2.94. The first-order valence-corrected chi connectivity index (χ1v) is 7.19. The van der Waals surface area contributed by atoms with Gasteiger partial charge in [-0.15, -0.1) is 0 Å². The van der Waals surface area contributed by atoms with E-state index in [0.29, 0.717) is 11.1 Å². The maximum Gasteiger partial charge on any atom is 0.120 e. The molecule has 3 nitrogen and oxygen atoms in total.